The lowest BCUT2D eigenvalue weighted by atomic mass is 10.2. The van der Waals surface area contributed by atoms with Crippen LogP contribution in [0.5, 0.6) is 0 Å². The van der Waals surface area contributed by atoms with E-state index in [1.807, 2.05) is 24.8 Å². The fourth-order valence-electron chi connectivity index (χ4n) is 3.08. The smallest absolute Gasteiger partial charge is 0.218 e. The van der Waals surface area contributed by atoms with Crippen molar-refractivity contribution in [2.75, 3.05) is 42.9 Å². The van der Waals surface area contributed by atoms with Crippen molar-refractivity contribution < 1.29 is 12.8 Å². The van der Waals surface area contributed by atoms with E-state index in [4.69, 9.17) is 0 Å². The Bertz CT molecular complexity index is 898. The third kappa shape index (κ3) is 4.72. The minimum Gasteiger partial charge on any atom is -0.370 e. The first-order chi connectivity index (χ1) is 12.9. The molecule has 0 spiro atoms. The second-order valence-corrected chi connectivity index (χ2v) is 8.39. The maximum Gasteiger partial charge on any atom is 0.218 e. The monoisotopic (exact) mass is 393 g/mol. The summed E-state index contributed by atoms with van der Waals surface area (Å²) in [5.41, 5.74) is 0.196. The normalized spacial score (nSPS) is 15.7. The van der Waals surface area contributed by atoms with Crippen molar-refractivity contribution in [3.63, 3.8) is 0 Å². The molecule has 1 aliphatic heterocycles. The molecule has 1 aliphatic rings. The standard InChI is InChI=1S/C18H24FN5O2S/c1-3-20-17-12-18(22-14(2)21-17)23-8-10-24(11-9-23)27(25,26)13-15-6-4-5-7-16(15)19/h4-7,12H,3,8-11,13H2,1-2H3,(H,20,21,22). The van der Waals surface area contributed by atoms with E-state index in [1.54, 1.807) is 12.1 Å². The molecule has 7 nitrogen and oxygen atoms in total. The first-order valence-electron chi connectivity index (χ1n) is 8.95. The summed E-state index contributed by atoms with van der Waals surface area (Å²) in [6, 6.07) is 7.86. The number of piperazine rings is 1. The molecule has 27 heavy (non-hydrogen) atoms. The van der Waals surface area contributed by atoms with Crippen molar-refractivity contribution in [2.45, 2.75) is 19.6 Å². The quantitative estimate of drug-likeness (QED) is 0.809. The Balaban J connectivity index is 1.67. The summed E-state index contributed by atoms with van der Waals surface area (Å²) in [4.78, 5) is 10.8. The van der Waals surface area contributed by atoms with E-state index in [1.165, 1.54) is 16.4 Å². The van der Waals surface area contributed by atoms with Gasteiger partial charge in [0.2, 0.25) is 10.0 Å². The van der Waals surface area contributed by atoms with Crippen molar-refractivity contribution in [3.8, 4) is 0 Å². The van der Waals surface area contributed by atoms with Gasteiger partial charge >= 0.3 is 0 Å². The number of sulfonamides is 1. The summed E-state index contributed by atoms with van der Waals surface area (Å²) in [5, 5.41) is 3.17. The molecule has 0 aliphatic carbocycles. The van der Waals surface area contributed by atoms with Crippen LogP contribution in [0.15, 0.2) is 30.3 Å². The van der Waals surface area contributed by atoms with Crippen LogP contribution in [0.2, 0.25) is 0 Å². The summed E-state index contributed by atoms with van der Waals surface area (Å²) < 4.78 is 40.5. The lowest BCUT2D eigenvalue weighted by Crippen LogP contribution is -2.49. The van der Waals surface area contributed by atoms with Crippen LogP contribution in [-0.2, 0) is 15.8 Å². The van der Waals surface area contributed by atoms with Gasteiger partial charge in [0.05, 0.1) is 5.75 Å². The molecule has 0 atom stereocenters. The third-order valence-corrected chi connectivity index (χ3v) is 6.26. The Hall–Kier alpha value is -2.26. The van der Waals surface area contributed by atoms with Gasteiger partial charge < -0.3 is 10.2 Å². The Labute approximate surface area is 159 Å². The molecule has 1 fully saturated rings. The van der Waals surface area contributed by atoms with E-state index < -0.39 is 15.8 Å². The van der Waals surface area contributed by atoms with Crippen molar-refractivity contribution in [1.29, 1.82) is 0 Å². The van der Waals surface area contributed by atoms with E-state index in [0.717, 1.165) is 18.2 Å². The van der Waals surface area contributed by atoms with E-state index in [-0.39, 0.29) is 11.3 Å². The summed E-state index contributed by atoms with van der Waals surface area (Å²) >= 11 is 0. The zero-order valence-corrected chi connectivity index (χ0v) is 16.3. The summed E-state index contributed by atoms with van der Waals surface area (Å²) in [6.45, 7) is 6.33. The molecule has 1 saturated heterocycles. The molecule has 3 rings (SSSR count). The molecular formula is C18H24FN5O2S. The summed E-state index contributed by atoms with van der Waals surface area (Å²) in [5.74, 6) is 1.39. The van der Waals surface area contributed by atoms with Gasteiger partial charge in [0.15, 0.2) is 0 Å². The Morgan fingerprint density at radius 1 is 1.15 bits per heavy atom. The molecule has 0 unspecified atom stereocenters. The molecule has 0 amide bonds. The zero-order chi connectivity index (χ0) is 19.4. The number of hydrogen-bond donors (Lipinski definition) is 1. The van der Waals surface area contributed by atoms with Gasteiger partial charge in [-0.05, 0) is 19.9 Å². The van der Waals surface area contributed by atoms with Gasteiger partial charge in [-0.1, -0.05) is 18.2 Å². The molecule has 2 heterocycles. The Morgan fingerprint density at radius 3 is 2.52 bits per heavy atom. The average Bonchev–Trinajstić information content (AvgIpc) is 2.63. The van der Waals surface area contributed by atoms with Crippen LogP contribution in [0.25, 0.3) is 0 Å². The van der Waals surface area contributed by atoms with Crippen molar-refractivity contribution in [2.24, 2.45) is 0 Å². The maximum absolute atomic E-state index is 13.8. The molecule has 146 valence electrons. The highest BCUT2D eigenvalue weighted by Gasteiger charge is 2.28. The number of halogens is 1. The van der Waals surface area contributed by atoms with Crippen LogP contribution < -0.4 is 10.2 Å². The maximum atomic E-state index is 13.8. The average molecular weight is 393 g/mol. The number of aromatic nitrogens is 2. The molecule has 1 N–H and O–H groups in total. The van der Waals surface area contributed by atoms with Crippen molar-refractivity contribution in [1.82, 2.24) is 14.3 Å². The van der Waals surface area contributed by atoms with Crippen LogP contribution in [-0.4, -0.2) is 55.4 Å². The van der Waals surface area contributed by atoms with Gasteiger partial charge in [-0.2, -0.15) is 4.31 Å². The van der Waals surface area contributed by atoms with Gasteiger partial charge in [0.25, 0.3) is 0 Å². The van der Waals surface area contributed by atoms with Crippen molar-refractivity contribution in [3.05, 3.63) is 47.5 Å². The van der Waals surface area contributed by atoms with Crippen LogP contribution in [0, 0.1) is 12.7 Å². The number of benzene rings is 1. The van der Waals surface area contributed by atoms with E-state index in [9.17, 15) is 12.8 Å². The predicted octanol–water partition coefficient (Wildman–Crippen LogP) is 2.01. The zero-order valence-electron chi connectivity index (χ0n) is 15.5. The van der Waals surface area contributed by atoms with Gasteiger partial charge in [0.1, 0.15) is 23.3 Å². The molecule has 2 aromatic rings. The van der Waals surface area contributed by atoms with Gasteiger partial charge in [-0.25, -0.2) is 22.8 Å². The predicted molar refractivity (Wildman–Crippen MR) is 104 cm³/mol. The van der Waals surface area contributed by atoms with Gasteiger partial charge in [0, 0.05) is 44.4 Å². The minimum atomic E-state index is -3.57. The first-order valence-corrected chi connectivity index (χ1v) is 10.6. The number of aryl methyl sites for hydroxylation is 1. The first kappa shape index (κ1) is 19.5. The third-order valence-electron chi connectivity index (χ3n) is 4.43. The summed E-state index contributed by atoms with van der Waals surface area (Å²) in [7, 11) is -3.57. The number of anilines is 2. The van der Waals surface area contributed by atoms with Gasteiger partial charge in [-0.15, -0.1) is 0 Å². The highest BCUT2D eigenvalue weighted by atomic mass is 32.2. The van der Waals surface area contributed by atoms with Crippen LogP contribution in [0.4, 0.5) is 16.0 Å². The molecule has 1 aromatic heterocycles. The topological polar surface area (TPSA) is 78.4 Å². The number of nitrogens with zero attached hydrogens (tertiary/aromatic N) is 4. The second-order valence-electron chi connectivity index (χ2n) is 6.42. The van der Waals surface area contributed by atoms with Crippen LogP contribution in [0.1, 0.15) is 18.3 Å². The lowest BCUT2D eigenvalue weighted by molar-refractivity contribution is 0.382. The van der Waals surface area contributed by atoms with Crippen LogP contribution >= 0.6 is 0 Å². The summed E-state index contributed by atoms with van der Waals surface area (Å²) in [6.07, 6.45) is 0. The highest BCUT2D eigenvalue weighted by Crippen LogP contribution is 2.20. The van der Waals surface area contributed by atoms with E-state index >= 15 is 0 Å². The fourth-order valence-corrected chi connectivity index (χ4v) is 4.61. The largest absolute Gasteiger partial charge is 0.370 e. The SMILES string of the molecule is CCNc1cc(N2CCN(S(=O)(=O)Cc3ccccc3F)CC2)nc(C)n1. The van der Waals surface area contributed by atoms with E-state index in [0.29, 0.717) is 32.0 Å². The Morgan fingerprint density at radius 2 is 1.85 bits per heavy atom. The minimum absolute atomic E-state index is 0.196. The molecule has 0 bridgehead atoms. The number of nitrogens with one attached hydrogen (secondary N) is 1. The molecular weight excluding hydrogens is 369 g/mol. The van der Waals surface area contributed by atoms with Crippen LogP contribution in [0.3, 0.4) is 0 Å². The van der Waals surface area contributed by atoms with E-state index in [2.05, 4.69) is 15.3 Å². The Kier molecular flexibility index (Phi) is 5.91. The lowest BCUT2D eigenvalue weighted by Gasteiger charge is -2.34. The molecule has 0 radical (unpaired) electrons. The second kappa shape index (κ2) is 8.18. The highest BCUT2D eigenvalue weighted by molar-refractivity contribution is 7.88. The van der Waals surface area contributed by atoms with Crippen molar-refractivity contribution >= 4 is 21.7 Å². The van der Waals surface area contributed by atoms with Gasteiger partial charge in [-0.3, -0.25) is 0 Å². The number of rotatable bonds is 6. The fraction of sp³-hybridized carbons (Fsp3) is 0.444. The molecule has 9 heteroatoms. The number of hydrogen-bond acceptors (Lipinski definition) is 6. The molecule has 0 saturated carbocycles. The molecule has 1 aromatic carbocycles.